The van der Waals surface area contributed by atoms with E-state index in [-0.39, 0.29) is 29.1 Å². The number of rotatable bonds is 3. The molecule has 0 saturated carbocycles. The number of hydrogen-bond donors (Lipinski definition) is 0. The summed E-state index contributed by atoms with van der Waals surface area (Å²) in [4.78, 5) is 30.0. The van der Waals surface area contributed by atoms with E-state index in [0.717, 1.165) is 12.2 Å². The fourth-order valence-corrected chi connectivity index (χ4v) is 4.38. The summed E-state index contributed by atoms with van der Waals surface area (Å²) in [5, 5.41) is 0. The Labute approximate surface area is 165 Å². The predicted octanol–water partition coefficient (Wildman–Crippen LogP) is 2.07. The minimum atomic E-state index is -0.197. The van der Waals surface area contributed by atoms with Crippen molar-refractivity contribution < 1.29 is 9.53 Å². The highest BCUT2D eigenvalue weighted by atomic mass is 16.5. The summed E-state index contributed by atoms with van der Waals surface area (Å²) < 4.78 is 7.52. The maximum Gasteiger partial charge on any atom is 0.263 e. The van der Waals surface area contributed by atoms with Crippen LogP contribution in [-0.4, -0.2) is 59.2 Å². The first-order valence-electron chi connectivity index (χ1n) is 9.98. The van der Waals surface area contributed by atoms with E-state index >= 15 is 0 Å². The first kappa shape index (κ1) is 18.9. The van der Waals surface area contributed by atoms with Gasteiger partial charge >= 0.3 is 0 Å². The molecule has 28 heavy (non-hydrogen) atoms. The number of hydrogen-bond acceptors (Lipinski definition) is 4. The van der Waals surface area contributed by atoms with Crippen LogP contribution >= 0.6 is 0 Å². The Balaban J connectivity index is 1.53. The lowest BCUT2D eigenvalue weighted by atomic mass is 10.00. The molecule has 3 heterocycles. The number of nitrogens with zero attached hydrogens (tertiary/aromatic N) is 3. The zero-order valence-corrected chi connectivity index (χ0v) is 16.5. The highest BCUT2D eigenvalue weighted by Crippen LogP contribution is 2.29. The van der Waals surface area contributed by atoms with E-state index < -0.39 is 0 Å². The maximum atomic E-state index is 13.1. The summed E-state index contributed by atoms with van der Waals surface area (Å²) in [5.41, 5.74) is 2.19. The van der Waals surface area contributed by atoms with Crippen molar-refractivity contribution in [3.8, 4) is 0 Å². The van der Waals surface area contributed by atoms with Gasteiger partial charge in [-0.15, -0.1) is 0 Å². The van der Waals surface area contributed by atoms with Gasteiger partial charge in [0, 0.05) is 31.9 Å². The second kappa shape index (κ2) is 7.89. The van der Waals surface area contributed by atoms with E-state index in [1.54, 1.807) is 10.6 Å². The molecule has 0 aliphatic carbocycles. The molecule has 2 fully saturated rings. The van der Waals surface area contributed by atoms with Gasteiger partial charge in [0.15, 0.2) is 0 Å². The minimum Gasteiger partial charge on any atom is -0.378 e. The van der Waals surface area contributed by atoms with Crippen LogP contribution in [0.3, 0.4) is 0 Å². The molecule has 148 valence electrons. The van der Waals surface area contributed by atoms with E-state index in [0.29, 0.717) is 32.8 Å². The van der Waals surface area contributed by atoms with E-state index in [1.807, 2.05) is 30.9 Å². The van der Waals surface area contributed by atoms with Crippen molar-refractivity contribution in [1.29, 1.82) is 0 Å². The minimum absolute atomic E-state index is 0.149. The number of fused-ring (bicyclic) bond motifs is 1. The van der Waals surface area contributed by atoms with Crippen LogP contribution in [0.5, 0.6) is 0 Å². The number of aromatic nitrogens is 1. The Morgan fingerprint density at radius 1 is 1.11 bits per heavy atom. The third kappa shape index (κ3) is 3.38. The smallest absolute Gasteiger partial charge is 0.263 e. The molecular formula is C22H27N3O3. The summed E-state index contributed by atoms with van der Waals surface area (Å²) in [6.45, 7) is 7.65. The Morgan fingerprint density at radius 3 is 2.64 bits per heavy atom. The fraction of sp³-hybridized carbons (Fsp3) is 0.455. The number of aryl methyl sites for hydroxylation is 1. The van der Waals surface area contributed by atoms with Gasteiger partial charge in [-0.2, -0.15) is 0 Å². The predicted molar refractivity (Wildman–Crippen MR) is 108 cm³/mol. The van der Waals surface area contributed by atoms with E-state index in [1.165, 1.54) is 5.56 Å². The Bertz CT molecular complexity index is 909. The van der Waals surface area contributed by atoms with Crippen molar-refractivity contribution >= 4 is 5.91 Å². The Kier molecular flexibility index (Phi) is 5.33. The highest BCUT2D eigenvalue weighted by Gasteiger charge is 2.38. The summed E-state index contributed by atoms with van der Waals surface area (Å²) >= 11 is 0. The molecule has 2 aromatic rings. The van der Waals surface area contributed by atoms with Crippen molar-refractivity contribution in [2.24, 2.45) is 0 Å². The normalized spacial score (nSPS) is 22.7. The average Bonchev–Trinajstić information content (AvgIpc) is 2.73. The zero-order chi connectivity index (χ0) is 19.7. The van der Waals surface area contributed by atoms with Crippen LogP contribution in [-0.2, 0) is 11.3 Å². The molecule has 6 nitrogen and oxygen atoms in total. The lowest BCUT2D eigenvalue weighted by Crippen LogP contribution is -2.60. The largest absolute Gasteiger partial charge is 0.378 e. The molecule has 0 bridgehead atoms. The van der Waals surface area contributed by atoms with Crippen LogP contribution in [0.2, 0.25) is 0 Å². The first-order chi connectivity index (χ1) is 13.6. The van der Waals surface area contributed by atoms with Gasteiger partial charge in [0.2, 0.25) is 0 Å². The highest BCUT2D eigenvalue weighted by molar-refractivity contribution is 5.94. The SMILES string of the molecule is CCn1c(C)ccc(C(=O)N2CCN3[C@@H](COC[C@@H]3c3ccccc3)C2)c1=O. The van der Waals surface area contributed by atoms with Crippen LogP contribution < -0.4 is 5.56 Å². The Morgan fingerprint density at radius 2 is 1.89 bits per heavy atom. The van der Waals surface area contributed by atoms with Crippen molar-refractivity contribution in [3.05, 3.63) is 69.6 Å². The molecule has 0 unspecified atom stereocenters. The van der Waals surface area contributed by atoms with E-state index in [2.05, 4.69) is 29.2 Å². The third-order valence-electron chi connectivity index (χ3n) is 5.93. The summed E-state index contributed by atoms with van der Waals surface area (Å²) in [6, 6.07) is 14.3. The average molecular weight is 381 g/mol. The molecular weight excluding hydrogens is 354 g/mol. The number of ether oxygens (including phenoxy) is 1. The molecule has 0 N–H and O–H groups in total. The van der Waals surface area contributed by atoms with E-state index in [9.17, 15) is 9.59 Å². The van der Waals surface area contributed by atoms with Crippen molar-refractivity contribution in [2.75, 3.05) is 32.8 Å². The van der Waals surface area contributed by atoms with Gasteiger partial charge in [0.05, 0.1) is 25.3 Å². The molecule has 1 amide bonds. The lowest BCUT2D eigenvalue weighted by Gasteiger charge is -2.48. The van der Waals surface area contributed by atoms with Crippen LogP contribution in [0.4, 0.5) is 0 Å². The van der Waals surface area contributed by atoms with Gasteiger partial charge < -0.3 is 14.2 Å². The molecule has 1 aromatic carbocycles. The maximum absolute atomic E-state index is 13.1. The van der Waals surface area contributed by atoms with Gasteiger partial charge in [0.1, 0.15) is 5.56 Å². The molecule has 2 saturated heterocycles. The van der Waals surface area contributed by atoms with Gasteiger partial charge in [0.25, 0.3) is 11.5 Å². The number of piperazine rings is 1. The van der Waals surface area contributed by atoms with Crippen molar-refractivity contribution in [3.63, 3.8) is 0 Å². The van der Waals surface area contributed by atoms with Crippen molar-refractivity contribution in [1.82, 2.24) is 14.4 Å². The molecule has 1 aromatic heterocycles. The van der Waals surface area contributed by atoms with Gasteiger partial charge in [-0.05, 0) is 31.5 Å². The number of pyridine rings is 1. The zero-order valence-electron chi connectivity index (χ0n) is 16.5. The number of morpholine rings is 1. The fourth-order valence-electron chi connectivity index (χ4n) is 4.38. The van der Waals surface area contributed by atoms with Crippen LogP contribution in [0.15, 0.2) is 47.3 Å². The third-order valence-corrected chi connectivity index (χ3v) is 5.93. The Hall–Kier alpha value is -2.44. The van der Waals surface area contributed by atoms with E-state index in [4.69, 9.17) is 4.74 Å². The molecule has 2 atom stereocenters. The topological polar surface area (TPSA) is 54.8 Å². The molecule has 2 aliphatic rings. The summed E-state index contributed by atoms with van der Waals surface area (Å²) in [7, 11) is 0. The number of amides is 1. The molecule has 6 heteroatoms. The molecule has 0 spiro atoms. The quantitative estimate of drug-likeness (QED) is 0.817. The molecule has 2 aliphatic heterocycles. The van der Waals surface area contributed by atoms with Gasteiger partial charge in [-0.3, -0.25) is 14.5 Å². The van der Waals surface area contributed by atoms with Crippen molar-refractivity contribution in [2.45, 2.75) is 32.5 Å². The first-order valence-corrected chi connectivity index (χ1v) is 9.98. The molecule has 4 rings (SSSR count). The summed E-state index contributed by atoms with van der Waals surface area (Å²) in [6.07, 6.45) is 0. The second-order valence-electron chi connectivity index (χ2n) is 7.54. The monoisotopic (exact) mass is 381 g/mol. The second-order valence-corrected chi connectivity index (χ2v) is 7.54. The summed E-state index contributed by atoms with van der Waals surface area (Å²) in [5.74, 6) is -0.173. The van der Waals surface area contributed by atoms with Crippen LogP contribution in [0.25, 0.3) is 0 Å². The van der Waals surface area contributed by atoms with Crippen LogP contribution in [0, 0.1) is 6.92 Å². The lowest BCUT2D eigenvalue weighted by molar-refractivity contribution is -0.0770. The molecule has 0 radical (unpaired) electrons. The van der Waals surface area contributed by atoms with Gasteiger partial charge in [-0.1, -0.05) is 30.3 Å². The number of carbonyl (C=O) groups excluding carboxylic acids is 1. The van der Waals surface area contributed by atoms with Gasteiger partial charge in [-0.25, -0.2) is 0 Å². The number of benzene rings is 1. The standard InChI is InChI=1S/C22H27N3O3/c1-3-24-16(2)9-10-19(22(24)27)21(26)23-11-12-25-18(13-23)14-28-15-20(25)17-7-5-4-6-8-17/h4-10,18,20H,3,11-15H2,1-2H3/t18-,20-/m1/s1. The van der Waals surface area contributed by atoms with Crippen LogP contribution in [0.1, 0.15) is 34.6 Å². The number of carbonyl (C=O) groups is 1.